The molecule has 0 saturated heterocycles. The Morgan fingerprint density at radius 1 is 1.35 bits per heavy atom. The number of rotatable bonds is 6. The van der Waals surface area contributed by atoms with Crippen LogP contribution in [-0.4, -0.2) is 19.6 Å². The first-order valence-corrected chi connectivity index (χ1v) is 8.36. The largest absolute Gasteiger partial charge is 0.469 e. The molecule has 0 aliphatic heterocycles. The second kappa shape index (κ2) is 7.79. The highest BCUT2D eigenvalue weighted by Crippen LogP contribution is 2.29. The molecule has 1 N–H and O–H groups in total. The van der Waals surface area contributed by atoms with E-state index in [2.05, 4.69) is 23.0 Å². The number of esters is 1. The molecule has 2 unspecified atom stereocenters. The minimum absolute atomic E-state index is 0.164. The quantitative estimate of drug-likeness (QED) is 0.818. The Balaban J connectivity index is 1.72. The first kappa shape index (κ1) is 15.5. The lowest BCUT2D eigenvalue weighted by molar-refractivity contribution is -0.139. The Bertz CT molecular complexity index is 430. The SMILES string of the molecule is COC(=O)Cc1ccc(CNCC2CCCCC2C)s1. The van der Waals surface area contributed by atoms with Crippen LogP contribution in [0.2, 0.25) is 0 Å². The number of nitrogens with one attached hydrogen (secondary N) is 1. The molecule has 2 rings (SSSR count). The monoisotopic (exact) mass is 295 g/mol. The summed E-state index contributed by atoms with van der Waals surface area (Å²) in [5.74, 6) is 1.52. The van der Waals surface area contributed by atoms with Gasteiger partial charge in [0.15, 0.2) is 0 Å². The van der Waals surface area contributed by atoms with E-state index in [4.69, 9.17) is 0 Å². The zero-order chi connectivity index (χ0) is 14.4. The number of methoxy groups -OCH3 is 1. The number of ether oxygens (including phenoxy) is 1. The van der Waals surface area contributed by atoms with E-state index >= 15 is 0 Å². The molecule has 20 heavy (non-hydrogen) atoms. The van der Waals surface area contributed by atoms with Crippen LogP contribution in [0.25, 0.3) is 0 Å². The molecule has 1 aliphatic rings. The van der Waals surface area contributed by atoms with Crippen LogP contribution >= 0.6 is 11.3 Å². The fraction of sp³-hybridized carbons (Fsp3) is 0.688. The summed E-state index contributed by atoms with van der Waals surface area (Å²) in [5.41, 5.74) is 0. The Morgan fingerprint density at radius 2 is 2.10 bits per heavy atom. The first-order valence-electron chi connectivity index (χ1n) is 7.54. The minimum Gasteiger partial charge on any atom is -0.469 e. The number of carbonyl (C=O) groups excluding carboxylic acids is 1. The maximum atomic E-state index is 11.2. The maximum Gasteiger partial charge on any atom is 0.310 e. The van der Waals surface area contributed by atoms with Crippen molar-refractivity contribution in [2.24, 2.45) is 11.8 Å². The van der Waals surface area contributed by atoms with E-state index in [9.17, 15) is 4.79 Å². The molecule has 0 radical (unpaired) electrons. The first-order chi connectivity index (χ1) is 9.69. The molecule has 1 aromatic rings. The lowest BCUT2D eigenvalue weighted by Crippen LogP contribution is -2.28. The van der Waals surface area contributed by atoms with Gasteiger partial charge in [-0.1, -0.05) is 26.2 Å². The third-order valence-electron chi connectivity index (χ3n) is 4.26. The highest BCUT2D eigenvalue weighted by atomic mass is 32.1. The molecule has 4 heteroatoms. The van der Waals surface area contributed by atoms with Gasteiger partial charge < -0.3 is 10.1 Å². The van der Waals surface area contributed by atoms with Crippen molar-refractivity contribution < 1.29 is 9.53 Å². The summed E-state index contributed by atoms with van der Waals surface area (Å²) in [6.07, 6.45) is 5.93. The second-order valence-electron chi connectivity index (χ2n) is 5.77. The lowest BCUT2D eigenvalue weighted by Gasteiger charge is -2.28. The summed E-state index contributed by atoms with van der Waals surface area (Å²) in [4.78, 5) is 13.6. The van der Waals surface area contributed by atoms with Crippen molar-refractivity contribution in [3.05, 3.63) is 21.9 Å². The van der Waals surface area contributed by atoms with E-state index in [1.807, 2.05) is 6.07 Å². The zero-order valence-electron chi connectivity index (χ0n) is 12.5. The fourth-order valence-electron chi connectivity index (χ4n) is 2.90. The Hall–Kier alpha value is -0.870. The summed E-state index contributed by atoms with van der Waals surface area (Å²) in [5, 5.41) is 3.58. The zero-order valence-corrected chi connectivity index (χ0v) is 13.3. The van der Waals surface area contributed by atoms with E-state index in [-0.39, 0.29) is 5.97 Å². The van der Waals surface area contributed by atoms with Gasteiger partial charge in [-0.25, -0.2) is 0 Å². The maximum absolute atomic E-state index is 11.2. The Labute approximate surface area is 125 Å². The van der Waals surface area contributed by atoms with Gasteiger partial charge in [-0.2, -0.15) is 0 Å². The van der Waals surface area contributed by atoms with Gasteiger partial charge in [0.25, 0.3) is 0 Å². The van der Waals surface area contributed by atoms with Crippen LogP contribution < -0.4 is 5.32 Å². The number of hydrogen-bond acceptors (Lipinski definition) is 4. The van der Waals surface area contributed by atoms with E-state index in [1.165, 1.54) is 37.7 Å². The van der Waals surface area contributed by atoms with Crippen LogP contribution in [0.3, 0.4) is 0 Å². The molecular weight excluding hydrogens is 270 g/mol. The summed E-state index contributed by atoms with van der Waals surface area (Å²) < 4.78 is 4.69. The number of hydrogen-bond donors (Lipinski definition) is 1. The molecule has 1 aliphatic carbocycles. The second-order valence-corrected chi connectivity index (χ2v) is 7.03. The topological polar surface area (TPSA) is 38.3 Å². The third-order valence-corrected chi connectivity index (χ3v) is 5.34. The molecule has 1 fully saturated rings. The van der Waals surface area contributed by atoms with E-state index < -0.39 is 0 Å². The van der Waals surface area contributed by atoms with Gasteiger partial charge >= 0.3 is 5.97 Å². The molecule has 1 heterocycles. The van der Waals surface area contributed by atoms with Gasteiger partial charge in [-0.05, 0) is 36.9 Å². The summed E-state index contributed by atoms with van der Waals surface area (Å²) >= 11 is 1.70. The smallest absolute Gasteiger partial charge is 0.310 e. The molecule has 0 amide bonds. The van der Waals surface area contributed by atoms with Crippen LogP contribution in [0.15, 0.2) is 12.1 Å². The lowest BCUT2D eigenvalue weighted by atomic mass is 9.80. The van der Waals surface area contributed by atoms with Crippen LogP contribution in [-0.2, 0) is 22.5 Å². The normalized spacial score (nSPS) is 22.7. The average molecular weight is 295 g/mol. The molecule has 0 spiro atoms. The highest BCUT2D eigenvalue weighted by Gasteiger charge is 2.20. The summed E-state index contributed by atoms with van der Waals surface area (Å²) in [7, 11) is 1.43. The number of thiophene rings is 1. The van der Waals surface area contributed by atoms with Gasteiger partial charge in [0.2, 0.25) is 0 Å². The van der Waals surface area contributed by atoms with Crippen molar-refractivity contribution in [3.8, 4) is 0 Å². The predicted octanol–water partition coefficient (Wildman–Crippen LogP) is 3.38. The van der Waals surface area contributed by atoms with Crippen LogP contribution in [0.1, 0.15) is 42.4 Å². The van der Waals surface area contributed by atoms with Crippen LogP contribution in [0, 0.1) is 11.8 Å². The Kier molecular flexibility index (Phi) is 6.05. The highest BCUT2D eigenvalue weighted by molar-refractivity contribution is 7.12. The minimum atomic E-state index is -0.164. The van der Waals surface area contributed by atoms with Crippen LogP contribution in [0.4, 0.5) is 0 Å². The van der Waals surface area contributed by atoms with Crippen molar-refractivity contribution in [2.45, 2.75) is 45.6 Å². The average Bonchev–Trinajstić information content (AvgIpc) is 2.88. The van der Waals surface area contributed by atoms with Crippen molar-refractivity contribution in [2.75, 3.05) is 13.7 Å². The molecule has 1 saturated carbocycles. The van der Waals surface area contributed by atoms with Gasteiger partial charge in [0.1, 0.15) is 0 Å². The Morgan fingerprint density at radius 3 is 2.85 bits per heavy atom. The molecule has 112 valence electrons. The van der Waals surface area contributed by atoms with E-state index in [0.29, 0.717) is 6.42 Å². The van der Waals surface area contributed by atoms with Gasteiger partial charge in [-0.3, -0.25) is 4.79 Å². The van der Waals surface area contributed by atoms with Crippen molar-refractivity contribution in [1.29, 1.82) is 0 Å². The van der Waals surface area contributed by atoms with Gasteiger partial charge in [0, 0.05) is 16.3 Å². The molecule has 2 atom stereocenters. The van der Waals surface area contributed by atoms with Crippen molar-refractivity contribution in [1.82, 2.24) is 5.32 Å². The van der Waals surface area contributed by atoms with Gasteiger partial charge in [-0.15, -0.1) is 11.3 Å². The van der Waals surface area contributed by atoms with Crippen molar-refractivity contribution >= 4 is 17.3 Å². The summed E-state index contributed by atoms with van der Waals surface area (Å²) in [6.45, 7) is 4.41. The fourth-order valence-corrected chi connectivity index (χ4v) is 3.88. The predicted molar refractivity (Wildman–Crippen MR) is 82.9 cm³/mol. The van der Waals surface area contributed by atoms with E-state index in [0.717, 1.165) is 29.8 Å². The molecule has 0 bridgehead atoms. The molecular formula is C16H25NO2S. The third kappa shape index (κ3) is 4.60. The molecule has 1 aromatic heterocycles. The standard InChI is InChI=1S/C16H25NO2S/c1-12-5-3-4-6-13(12)10-17-11-15-8-7-14(20-15)9-16(18)19-2/h7-8,12-13,17H,3-6,9-11H2,1-2H3. The van der Waals surface area contributed by atoms with E-state index in [1.54, 1.807) is 11.3 Å². The number of carbonyl (C=O) groups is 1. The summed E-state index contributed by atoms with van der Waals surface area (Å²) in [6, 6.07) is 4.14. The molecule has 0 aromatic carbocycles. The van der Waals surface area contributed by atoms with Crippen LogP contribution in [0.5, 0.6) is 0 Å². The van der Waals surface area contributed by atoms with Gasteiger partial charge in [0.05, 0.1) is 13.5 Å². The molecule has 3 nitrogen and oxygen atoms in total. The van der Waals surface area contributed by atoms with Crippen molar-refractivity contribution in [3.63, 3.8) is 0 Å².